The van der Waals surface area contributed by atoms with E-state index in [0.717, 1.165) is 18.4 Å². The van der Waals surface area contributed by atoms with Crippen molar-refractivity contribution in [2.24, 2.45) is 0 Å². The summed E-state index contributed by atoms with van der Waals surface area (Å²) in [7, 11) is 1.46. The van der Waals surface area contributed by atoms with Gasteiger partial charge in [0.05, 0.1) is 6.61 Å². The zero-order valence-corrected chi connectivity index (χ0v) is 19.1. The molecule has 1 unspecified atom stereocenters. The van der Waals surface area contributed by atoms with Crippen LogP contribution in [0.1, 0.15) is 64.2 Å². The van der Waals surface area contributed by atoms with E-state index < -0.39 is 37.0 Å². The molecule has 2 aliphatic heterocycles. The van der Waals surface area contributed by atoms with Crippen LogP contribution in [0.15, 0.2) is 30.3 Å². The van der Waals surface area contributed by atoms with Crippen molar-refractivity contribution >= 4 is 11.9 Å². The number of fused-ring (bicyclic) bond motifs is 1. The average Bonchev–Trinajstić information content (AvgIpc) is 2.82. The zero-order valence-electron chi connectivity index (χ0n) is 19.1. The monoisotopic (exact) mass is 450 g/mol. The van der Waals surface area contributed by atoms with Gasteiger partial charge in [-0.15, -0.1) is 0 Å². The number of esters is 2. The Bertz CT molecular complexity index is 724. The molecule has 2 heterocycles. The van der Waals surface area contributed by atoms with Crippen LogP contribution in [0, 0.1) is 0 Å². The van der Waals surface area contributed by atoms with Gasteiger partial charge in [-0.25, -0.2) is 0 Å². The minimum absolute atomic E-state index is 0.226. The van der Waals surface area contributed by atoms with Crippen LogP contribution in [0.25, 0.3) is 0 Å². The van der Waals surface area contributed by atoms with Crippen LogP contribution in [0.3, 0.4) is 0 Å². The van der Waals surface area contributed by atoms with Crippen LogP contribution in [-0.4, -0.2) is 56.4 Å². The second-order valence-electron chi connectivity index (χ2n) is 8.07. The SMILES string of the molecule is CCCCC(=O)O[C@@H]1[C@@H](OC(=O)CCCC)[C@@H](OC)O[C@@H]2COC(c3ccccc3)O[C@@H]12. The van der Waals surface area contributed by atoms with E-state index in [-0.39, 0.29) is 31.4 Å². The number of ether oxygens (including phenoxy) is 6. The molecule has 0 N–H and O–H groups in total. The van der Waals surface area contributed by atoms with Gasteiger partial charge in [0.15, 0.2) is 24.8 Å². The highest BCUT2D eigenvalue weighted by atomic mass is 16.8. The van der Waals surface area contributed by atoms with Crippen molar-refractivity contribution in [3.05, 3.63) is 35.9 Å². The molecule has 2 saturated heterocycles. The number of unbranched alkanes of at least 4 members (excludes halogenated alkanes) is 2. The lowest BCUT2D eigenvalue weighted by Gasteiger charge is -2.47. The lowest BCUT2D eigenvalue weighted by molar-refractivity contribution is -0.359. The van der Waals surface area contributed by atoms with Gasteiger partial charge in [-0.1, -0.05) is 57.0 Å². The summed E-state index contributed by atoms with van der Waals surface area (Å²) >= 11 is 0. The summed E-state index contributed by atoms with van der Waals surface area (Å²) in [6, 6.07) is 9.50. The Kier molecular flexibility index (Phi) is 9.47. The number of hydrogen-bond donors (Lipinski definition) is 0. The second kappa shape index (κ2) is 12.3. The summed E-state index contributed by atoms with van der Waals surface area (Å²) < 4.78 is 35.1. The van der Waals surface area contributed by atoms with Crippen LogP contribution in [0.4, 0.5) is 0 Å². The molecule has 2 aliphatic rings. The van der Waals surface area contributed by atoms with Crippen molar-refractivity contribution in [3.8, 4) is 0 Å². The summed E-state index contributed by atoms with van der Waals surface area (Å²) in [4.78, 5) is 25.0. The van der Waals surface area contributed by atoms with E-state index in [2.05, 4.69) is 0 Å². The Balaban J connectivity index is 1.82. The average molecular weight is 451 g/mol. The van der Waals surface area contributed by atoms with Crippen molar-refractivity contribution in [1.29, 1.82) is 0 Å². The molecule has 0 radical (unpaired) electrons. The summed E-state index contributed by atoms with van der Waals surface area (Å²) in [5.41, 5.74) is 0.840. The van der Waals surface area contributed by atoms with Crippen molar-refractivity contribution in [2.45, 2.75) is 89.4 Å². The van der Waals surface area contributed by atoms with Crippen molar-refractivity contribution in [1.82, 2.24) is 0 Å². The molecule has 1 aromatic carbocycles. The van der Waals surface area contributed by atoms with Gasteiger partial charge in [0.1, 0.15) is 12.2 Å². The predicted molar refractivity (Wildman–Crippen MR) is 114 cm³/mol. The van der Waals surface area contributed by atoms with Crippen molar-refractivity contribution in [2.75, 3.05) is 13.7 Å². The maximum Gasteiger partial charge on any atom is 0.306 e. The number of benzene rings is 1. The van der Waals surface area contributed by atoms with Crippen LogP contribution in [-0.2, 0) is 38.0 Å². The summed E-state index contributed by atoms with van der Waals surface area (Å²) in [5, 5.41) is 0. The Morgan fingerprint density at radius 1 is 0.938 bits per heavy atom. The number of carbonyl (C=O) groups is 2. The van der Waals surface area contributed by atoms with Gasteiger partial charge in [-0.3, -0.25) is 9.59 Å². The topological polar surface area (TPSA) is 89.5 Å². The van der Waals surface area contributed by atoms with E-state index in [1.54, 1.807) is 0 Å². The number of rotatable bonds is 10. The van der Waals surface area contributed by atoms with Gasteiger partial charge < -0.3 is 28.4 Å². The fourth-order valence-corrected chi connectivity index (χ4v) is 3.84. The summed E-state index contributed by atoms with van der Waals surface area (Å²) in [6.07, 6.45) is -0.866. The predicted octanol–water partition coefficient (Wildman–Crippen LogP) is 3.68. The minimum atomic E-state index is -0.939. The maximum absolute atomic E-state index is 12.6. The van der Waals surface area contributed by atoms with Crippen LogP contribution in [0.5, 0.6) is 0 Å². The van der Waals surface area contributed by atoms with Gasteiger partial charge in [-0.05, 0) is 12.8 Å². The highest BCUT2D eigenvalue weighted by molar-refractivity contribution is 5.70. The zero-order chi connectivity index (χ0) is 22.9. The van der Waals surface area contributed by atoms with Crippen molar-refractivity contribution < 1.29 is 38.0 Å². The fourth-order valence-electron chi connectivity index (χ4n) is 3.84. The molecule has 8 heteroatoms. The Morgan fingerprint density at radius 3 is 2.16 bits per heavy atom. The van der Waals surface area contributed by atoms with E-state index in [0.29, 0.717) is 12.8 Å². The number of methoxy groups -OCH3 is 1. The quantitative estimate of drug-likeness (QED) is 0.499. The first-order chi connectivity index (χ1) is 15.6. The molecule has 8 nitrogen and oxygen atoms in total. The minimum Gasteiger partial charge on any atom is -0.455 e. The third kappa shape index (κ3) is 6.28. The van der Waals surface area contributed by atoms with E-state index in [1.807, 2.05) is 44.2 Å². The molecule has 0 aliphatic carbocycles. The molecule has 0 spiro atoms. The first-order valence-electron chi connectivity index (χ1n) is 11.5. The molecule has 32 heavy (non-hydrogen) atoms. The molecular formula is C24H34O8. The molecule has 3 rings (SSSR count). The first kappa shape index (κ1) is 24.6. The molecule has 0 bridgehead atoms. The first-order valence-corrected chi connectivity index (χ1v) is 11.5. The molecule has 6 atom stereocenters. The fraction of sp³-hybridized carbons (Fsp3) is 0.667. The van der Waals surface area contributed by atoms with E-state index >= 15 is 0 Å². The molecule has 1 aromatic rings. The Hall–Kier alpha value is -2.00. The lowest BCUT2D eigenvalue weighted by atomic mass is 9.97. The molecule has 2 fully saturated rings. The largest absolute Gasteiger partial charge is 0.455 e. The standard InChI is InChI=1S/C24H34O8/c1-4-6-13-18(25)30-21-20-17(15-28-23(32-20)16-11-9-8-10-12-16)29-24(27-3)22(21)31-19(26)14-7-5-2/h8-12,17,20-24H,4-7,13-15H2,1-3H3/t17-,20-,21+,22-,23?,24+/m1/s1. The second-order valence-corrected chi connectivity index (χ2v) is 8.07. The van der Waals surface area contributed by atoms with E-state index in [4.69, 9.17) is 28.4 Å². The maximum atomic E-state index is 12.6. The smallest absolute Gasteiger partial charge is 0.306 e. The van der Waals surface area contributed by atoms with Crippen LogP contribution >= 0.6 is 0 Å². The molecule has 0 saturated carbocycles. The molecule has 178 valence electrons. The van der Waals surface area contributed by atoms with Gasteiger partial charge in [0.25, 0.3) is 0 Å². The van der Waals surface area contributed by atoms with E-state index in [1.165, 1.54) is 7.11 Å². The Labute approximate surface area is 189 Å². The lowest BCUT2D eigenvalue weighted by Crippen LogP contribution is -2.64. The molecular weight excluding hydrogens is 416 g/mol. The highest BCUT2D eigenvalue weighted by Crippen LogP contribution is 2.36. The van der Waals surface area contributed by atoms with Gasteiger partial charge >= 0.3 is 11.9 Å². The van der Waals surface area contributed by atoms with Crippen LogP contribution < -0.4 is 0 Å². The Morgan fingerprint density at radius 2 is 1.56 bits per heavy atom. The third-order valence-corrected chi connectivity index (χ3v) is 5.59. The molecule has 0 amide bonds. The van der Waals surface area contributed by atoms with Crippen LogP contribution in [0.2, 0.25) is 0 Å². The summed E-state index contributed by atoms with van der Waals surface area (Å²) in [6.45, 7) is 4.23. The number of hydrogen-bond acceptors (Lipinski definition) is 8. The van der Waals surface area contributed by atoms with Crippen molar-refractivity contribution in [3.63, 3.8) is 0 Å². The normalized spacial score (nSPS) is 29.7. The van der Waals surface area contributed by atoms with Gasteiger partial charge in [-0.2, -0.15) is 0 Å². The summed E-state index contributed by atoms with van der Waals surface area (Å²) in [5.74, 6) is -0.754. The van der Waals surface area contributed by atoms with E-state index in [9.17, 15) is 9.59 Å². The third-order valence-electron chi connectivity index (χ3n) is 5.59. The number of carbonyl (C=O) groups excluding carboxylic acids is 2. The highest BCUT2D eigenvalue weighted by Gasteiger charge is 2.53. The van der Waals surface area contributed by atoms with Gasteiger partial charge in [0.2, 0.25) is 0 Å². The van der Waals surface area contributed by atoms with Gasteiger partial charge in [0, 0.05) is 25.5 Å². The molecule has 0 aromatic heterocycles.